The average Bonchev–Trinajstić information content (AvgIpc) is 2.67. The van der Waals surface area contributed by atoms with Crippen LogP contribution in [0, 0.1) is 13.7 Å². The zero-order valence-electron chi connectivity index (χ0n) is 13.8. The molecular formula is C18H14IN5O2. The summed E-state index contributed by atoms with van der Waals surface area (Å²) < 4.78 is 1.16. The molecule has 0 aliphatic rings. The molecule has 0 bridgehead atoms. The Morgan fingerprint density at radius 2 is 1.65 bits per heavy atom. The minimum Gasteiger partial charge on any atom is -0.258 e. The van der Waals surface area contributed by atoms with Crippen LogP contribution in [0.1, 0.15) is 12.5 Å². The number of nitrogens with zero attached hydrogens (tertiary/aromatic N) is 4. The predicted octanol–water partition coefficient (Wildman–Crippen LogP) is 4.49. The van der Waals surface area contributed by atoms with E-state index in [0.29, 0.717) is 5.95 Å². The first-order valence-corrected chi connectivity index (χ1v) is 8.74. The molecule has 0 amide bonds. The highest BCUT2D eigenvalue weighted by Gasteiger charge is 2.06. The van der Waals surface area contributed by atoms with E-state index in [1.807, 2.05) is 31.2 Å². The molecule has 1 aromatic heterocycles. The van der Waals surface area contributed by atoms with Crippen molar-refractivity contribution in [3.05, 3.63) is 80.2 Å². The van der Waals surface area contributed by atoms with Gasteiger partial charge in [-0.1, -0.05) is 12.1 Å². The molecule has 26 heavy (non-hydrogen) atoms. The third-order valence-corrected chi connectivity index (χ3v) is 4.37. The Bertz CT molecular complexity index is 939. The molecule has 0 aliphatic heterocycles. The molecule has 7 nitrogen and oxygen atoms in total. The van der Waals surface area contributed by atoms with Gasteiger partial charge in [-0.05, 0) is 64.9 Å². The van der Waals surface area contributed by atoms with Crippen molar-refractivity contribution < 1.29 is 4.92 Å². The Morgan fingerprint density at radius 3 is 2.23 bits per heavy atom. The van der Waals surface area contributed by atoms with Crippen LogP contribution in [-0.4, -0.2) is 20.6 Å². The Balaban J connectivity index is 1.70. The largest absolute Gasteiger partial charge is 0.269 e. The summed E-state index contributed by atoms with van der Waals surface area (Å²) in [7, 11) is 0. The predicted molar refractivity (Wildman–Crippen MR) is 109 cm³/mol. The number of aromatic nitrogens is 2. The standard InChI is InChI=1S/C18H14IN5O2/c1-12(13-2-6-16(19)7-3-13)22-23-18-20-10-15(11-21-18)14-4-8-17(9-5-14)24(25)26/h2-11H,1H3,(H,20,21,23)/b22-12-. The molecule has 0 fully saturated rings. The van der Waals surface area contributed by atoms with Gasteiger partial charge in [0, 0.05) is 33.7 Å². The lowest BCUT2D eigenvalue weighted by atomic mass is 10.1. The highest BCUT2D eigenvalue weighted by Crippen LogP contribution is 2.21. The Morgan fingerprint density at radius 1 is 1.04 bits per heavy atom. The van der Waals surface area contributed by atoms with Gasteiger partial charge in [0.25, 0.3) is 5.69 Å². The molecule has 0 saturated carbocycles. The number of nitro benzene ring substituents is 1. The van der Waals surface area contributed by atoms with Crippen molar-refractivity contribution >= 4 is 39.9 Å². The second kappa shape index (κ2) is 8.00. The number of nitro groups is 1. The summed E-state index contributed by atoms with van der Waals surface area (Å²) >= 11 is 2.25. The Labute approximate surface area is 163 Å². The molecule has 130 valence electrons. The number of non-ortho nitro benzene ring substituents is 1. The van der Waals surface area contributed by atoms with Crippen molar-refractivity contribution in [3.8, 4) is 11.1 Å². The molecule has 0 aliphatic carbocycles. The highest BCUT2D eigenvalue weighted by atomic mass is 127. The molecule has 1 heterocycles. The number of hydrogen-bond acceptors (Lipinski definition) is 6. The summed E-state index contributed by atoms with van der Waals surface area (Å²) in [6.45, 7) is 1.90. The van der Waals surface area contributed by atoms with Gasteiger partial charge in [-0.3, -0.25) is 10.1 Å². The monoisotopic (exact) mass is 459 g/mol. The van der Waals surface area contributed by atoms with E-state index in [4.69, 9.17) is 0 Å². The lowest BCUT2D eigenvalue weighted by Gasteiger charge is -2.04. The molecule has 0 spiro atoms. The van der Waals surface area contributed by atoms with Gasteiger partial charge in [0.15, 0.2) is 0 Å². The van der Waals surface area contributed by atoms with Gasteiger partial charge in [0.05, 0.1) is 10.6 Å². The van der Waals surface area contributed by atoms with Crippen LogP contribution in [0.2, 0.25) is 0 Å². The number of halogens is 1. The average molecular weight is 459 g/mol. The maximum Gasteiger partial charge on any atom is 0.269 e. The third-order valence-electron chi connectivity index (χ3n) is 3.65. The topological polar surface area (TPSA) is 93.3 Å². The van der Waals surface area contributed by atoms with Gasteiger partial charge < -0.3 is 0 Å². The van der Waals surface area contributed by atoms with Crippen molar-refractivity contribution in [1.29, 1.82) is 0 Å². The minimum atomic E-state index is -0.429. The van der Waals surface area contributed by atoms with E-state index < -0.39 is 4.92 Å². The smallest absolute Gasteiger partial charge is 0.258 e. The van der Waals surface area contributed by atoms with Crippen molar-refractivity contribution in [1.82, 2.24) is 9.97 Å². The van der Waals surface area contributed by atoms with E-state index in [9.17, 15) is 10.1 Å². The summed E-state index contributed by atoms with van der Waals surface area (Å²) in [5, 5.41) is 15.0. The van der Waals surface area contributed by atoms with Crippen LogP contribution >= 0.6 is 22.6 Å². The molecule has 0 atom stereocenters. The number of anilines is 1. The van der Waals surface area contributed by atoms with Crippen molar-refractivity contribution in [3.63, 3.8) is 0 Å². The molecule has 3 aromatic rings. The normalized spacial score (nSPS) is 11.2. The van der Waals surface area contributed by atoms with Crippen LogP contribution < -0.4 is 5.43 Å². The maximum atomic E-state index is 10.7. The van der Waals surface area contributed by atoms with Gasteiger partial charge in [-0.2, -0.15) is 5.10 Å². The Hall–Kier alpha value is -2.88. The zero-order chi connectivity index (χ0) is 18.5. The molecule has 0 unspecified atom stereocenters. The number of rotatable bonds is 5. The van der Waals surface area contributed by atoms with E-state index in [1.54, 1.807) is 24.5 Å². The van der Waals surface area contributed by atoms with Gasteiger partial charge in [-0.25, -0.2) is 15.4 Å². The third kappa shape index (κ3) is 4.39. The minimum absolute atomic E-state index is 0.0494. The molecule has 1 N–H and O–H groups in total. The lowest BCUT2D eigenvalue weighted by molar-refractivity contribution is -0.384. The second-order valence-electron chi connectivity index (χ2n) is 5.42. The quantitative estimate of drug-likeness (QED) is 0.263. The van der Waals surface area contributed by atoms with Crippen molar-refractivity contribution in [2.45, 2.75) is 6.92 Å². The van der Waals surface area contributed by atoms with Crippen LogP contribution in [0.3, 0.4) is 0 Å². The summed E-state index contributed by atoms with van der Waals surface area (Å²) in [6, 6.07) is 14.3. The fourth-order valence-corrected chi connectivity index (χ4v) is 2.56. The second-order valence-corrected chi connectivity index (χ2v) is 6.66. The summed E-state index contributed by atoms with van der Waals surface area (Å²) in [5.41, 5.74) is 6.30. The lowest BCUT2D eigenvalue weighted by Crippen LogP contribution is -2.02. The fraction of sp³-hybridized carbons (Fsp3) is 0.0556. The van der Waals surface area contributed by atoms with Gasteiger partial charge in [0.1, 0.15) is 0 Å². The van der Waals surface area contributed by atoms with Crippen LogP contribution in [-0.2, 0) is 0 Å². The summed E-state index contributed by atoms with van der Waals surface area (Å²) in [5.74, 6) is 0.375. The van der Waals surface area contributed by atoms with E-state index in [1.165, 1.54) is 12.1 Å². The van der Waals surface area contributed by atoms with Gasteiger partial charge in [-0.15, -0.1) is 0 Å². The van der Waals surface area contributed by atoms with E-state index >= 15 is 0 Å². The van der Waals surface area contributed by atoms with E-state index in [2.05, 4.69) is 43.1 Å². The molecule has 2 aromatic carbocycles. The first kappa shape index (κ1) is 17.9. The molecule has 0 radical (unpaired) electrons. The number of benzene rings is 2. The first-order valence-electron chi connectivity index (χ1n) is 7.66. The molecule has 3 rings (SSSR count). The van der Waals surface area contributed by atoms with E-state index in [-0.39, 0.29) is 5.69 Å². The van der Waals surface area contributed by atoms with Gasteiger partial charge in [0.2, 0.25) is 5.95 Å². The Kier molecular flexibility index (Phi) is 5.52. The van der Waals surface area contributed by atoms with Crippen LogP contribution in [0.4, 0.5) is 11.6 Å². The van der Waals surface area contributed by atoms with Crippen LogP contribution in [0.5, 0.6) is 0 Å². The van der Waals surface area contributed by atoms with E-state index in [0.717, 1.165) is 26.0 Å². The zero-order valence-corrected chi connectivity index (χ0v) is 15.9. The highest BCUT2D eigenvalue weighted by molar-refractivity contribution is 14.1. The maximum absolute atomic E-state index is 10.7. The number of hydrazone groups is 1. The first-order chi connectivity index (χ1) is 12.5. The van der Waals surface area contributed by atoms with Crippen molar-refractivity contribution in [2.24, 2.45) is 5.10 Å². The number of hydrogen-bond donors (Lipinski definition) is 1. The van der Waals surface area contributed by atoms with Crippen LogP contribution in [0.15, 0.2) is 66.0 Å². The summed E-state index contributed by atoms with van der Waals surface area (Å²) in [4.78, 5) is 18.7. The van der Waals surface area contributed by atoms with Gasteiger partial charge >= 0.3 is 0 Å². The molecule has 0 saturated heterocycles. The number of nitrogens with one attached hydrogen (secondary N) is 1. The molecular weight excluding hydrogens is 445 g/mol. The fourth-order valence-electron chi connectivity index (χ4n) is 2.20. The molecule has 8 heteroatoms. The SMILES string of the molecule is C/C(=N/Nc1ncc(-c2ccc([N+](=O)[O-])cc2)cn1)c1ccc(I)cc1. The summed E-state index contributed by atoms with van der Waals surface area (Å²) in [6.07, 6.45) is 3.29. The van der Waals surface area contributed by atoms with Crippen LogP contribution in [0.25, 0.3) is 11.1 Å². The van der Waals surface area contributed by atoms with Crippen molar-refractivity contribution in [2.75, 3.05) is 5.43 Å².